The Morgan fingerprint density at radius 3 is 2.37 bits per heavy atom. The minimum atomic E-state index is -0.0635. The summed E-state index contributed by atoms with van der Waals surface area (Å²) in [5.41, 5.74) is 14.9. The van der Waals surface area contributed by atoms with E-state index in [1.54, 1.807) is 22.3 Å². The number of hydrogen-bond acceptors (Lipinski definition) is 0. The number of fused-ring (bicyclic) bond motifs is 10. The van der Waals surface area contributed by atoms with Crippen molar-refractivity contribution in [3.05, 3.63) is 118 Å². The maximum Gasteiger partial charge on any atom is 0.0560 e. The molecule has 4 aromatic rings. The summed E-state index contributed by atoms with van der Waals surface area (Å²) in [4.78, 5) is 0. The van der Waals surface area contributed by atoms with Gasteiger partial charge in [-0.05, 0) is 75.4 Å². The molecule has 0 amide bonds. The summed E-state index contributed by atoms with van der Waals surface area (Å²) in [5.74, 6) is 0.520. The molecule has 1 nitrogen and oxygen atoms in total. The van der Waals surface area contributed by atoms with Gasteiger partial charge in [-0.15, -0.1) is 0 Å². The fourth-order valence-electron chi connectivity index (χ4n) is 8.80. The summed E-state index contributed by atoms with van der Waals surface area (Å²) in [6, 6.07) is 19.4. The van der Waals surface area contributed by atoms with Crippen molar-refractivity contribution in [2.75, 3.05) is 0 Å². The van der Waals surface area contributed by atoms with E-state index in [4.69, 9.17) is 0 Å². The maximum absolute atomic E-state index is 2.62. The molecule has 2 atom stereocenters. The summed E-state index contributed by atoms with van der Waals surface area (Å²) in [7, 11) is 0. The molecule has 0 aliphatic heterocycles. The van der Waals surface area contributed by atoms with E-state index in [1.165, 1.54) is 44.1 Å². The van der Waals surface area contributed by atoms with E-state index in [9.17, 15) is 0 Å². The fraction of sp³-hybridized carbons (Fsp3) is 0.350. The van der Waals surface area contributed by atoms with Crippen LogP contribution in [0.1, 0.15) is 95.5 Å². The molecule has 0 saturated heterocycles. The third kappa shape index (κ3) is 3.24. The third-order valence-electron chi connectivity index (χ3n) is 10.8. The monoisotopic (exact) mass is 535 g/mol. The highest BCUT2D eigenvalue weighted by atomic mass is 15.0. The highest BCUT2D eigenvalue weighted by Crippen LogP contribution is 2.61. The number of allylic oxidation sites excluding steroid dienone is 8. The first-order valence-electron chi connectivity index (χ1n) is 15.5. The molecule has 4 aliphatic carbocycles. The smallest absolute Gasteiger partial charge is 0.0560 e. The van der Waals surface area contributed by atoms with Crippen molar-refractivity contribution < 1.29 is 0 Å². The zero-order valence-corrected chi connectivity index (χ0v) is 25.6. The summed E-state index contributed by atoms with van der Waals surface area (Å²) in [5, 5.41) is 2.74. The van der Waals surface area contributed by atoms with Crippen LogP contribution in [-0.4, -0.2) is 4.57 Å². The fourth-order valence-corrected chi connectivity index (χ4v) is 8.80. The van der Waals surface area contributed by atoms with Gasteiger partial charge in [0.05, 0.1) is 11.6 Å². The van der Waals surface area contributed by atoms with Gasteiger partial charge in [0.1, 0.15) is 0 Å². The zero-order chi connectivity index (χ0) is 28.5. The molecule has 41 heavy (non-hydrogen) atoms. The number of rotatable bonds is 1. The molecule has 3 aromatic carbocycles. The van der Waals surface area contributed by atoms with Crippen molar-refractivity contribution in [1.29, 1.82) is 0 Å². The van der Waals surface area contributed by atoms with Crippen molar-refractivity contribution in [3.8, 4) is 11.1 Å². The van der Waals surface area contributed by atoms with Crippen LogP contribution in [0.5, 0.6) is 0 Å². The van der Waals surface area contributed by atoms with Crippen molar-refractivity contribution in [2.45, 2.75) is 84.1 Å². The predicted octanol–water partition coefficient (Wildman–Crippen LogP) is 10.8. The van der Waals surface area contributed by atoms with Gasteiger partial charge in [0.15, 0.2) is 0 Å². The molecule has 0 bridgehead atoms. The van der Waals surface area contributed by atoms with Crippen molar-refractivity contribution in [2.24, 2.45) is 5.41 Å². The molecule has 0 N–H and O–H groups in total. The Labute approximate surface area is 245 Å². The number of nitrogens with zero attached hydrogens (tertiary/aromatic N) is 1. The van der Waals surface area contributed by atoms with Crippen LogP contribution in [0, 0.1) is 5.41 Å². The Morgan fingerprint density at radius 2 is 1.61 bits per heavy atom. The van der Waals surface area contributed by atoms with Crippen LogP contribution in [0.25, 0.3) is 32.9 Å². The number of hydrogen-bond donors (Lipinski definition) is 0. The van der Waals surface area contributed by atoms with Crippen LogP contribution in [-0.2, 0) is 10.8 Å². The molecule has 1 heteroatoms. The molecule has 8 rings (SSSR count). The second-order valence-corrected chi connectivity index (χ2v) is 14.9. The largest absolute Gasteiger partial charge is 0.333 e. The Balaban J connectivity index is 1.36. The third-order valence-corrected chi connectivity index (χ3v) is 10.8. The van der Waals surface area contributed by atoms with E-state index in [-0.39, 0.29) is 16.2 Å². The Kier molecular flexibility index (Phi) is 4.93. The van der Waals surface area contributed by atoms with Gasteiger partial charge in [-0.1, -0.05) is 121 Å². The van der Waals surface area contributed by atoms with Crippen molar-refractivity contribution in [3.63, 3.8) is 0 Å². The topological polar surface area (TPSA) is 4.93 Å². The maximum atomic E-state index is 2.62. The molecule has 0 fully saturated rings. The van der Waals surface area contributed by atoms with Crippen LogP contribution in [0.2, 0.25) is 0 Å². The standard InChI is InChI=1S/C40H41N/c1-38(2,3)24-16-18-25(19-17-24)41-34-15-11-9-13-27(34)31-22-30-29-21-20-28-26-12-8-10-14-32(26)39(4,5)36(28)37(29)40(6,7)33(30)23-35(31)41/h8-11,13-18,20-23,25-26H,12,19H2,1-7H3. The first kappa shape index (κ1) is 25.2. The normalized spacial score (nSPS) is 23.3. The van der Waals surface area contributed by atoms with Gasteiger partial charge in [-0.25, -0.2) is 0 Å². The molecular weight excluding hydrogens is 494 g/mol. The average molecular weight is 536 g/mol. The Morgan fingerprint density at radius 1 is 0.805 bits per heavy atom. The number of para-hydroxylation sites is 1. The van der Waals surface area contributed by atoms with Gasteiger partial charge in [-0.3, -0.25) is 0 Å². The van der Waals surface area contributed by atoms with Gasteiger partial charge in [0.2, 0.25) is 0 Å². The lowest BCUT2D eigenvalue weighted by Crippen LogP contribution is -2.24. The zero-order valence-electron chi connectivity index (χ0n) is 25.6. The quantitative estimate of drug-likeness (QED) is 0.228. The minimum Gasteiger partial charge on any atom is -0.333 e. The first-order valence-corrected chi connectivity index (χ1v) is 15.5. The highest BCUT2D eigenvalue weighted by molar-refractivity contribution is 6.11. The summed E-state index contributed by atoms with van der Waals surface area (Å²) in [6.45, 7) is 16.8. The second-order valence-electron chi connectivity index (χ2n) is 14.9. The van der Waals surface area contributed by atoms with Crippen LogP contribution in [0.15, 0.2) is 96.1 Å². The Hall–Kier alpha value is -3.58. The molecule has 1 heterocycles. The van der Waals surface area contributed by atoms with E-state index in [0.29, 0.717) is 12.0 Å². The van der Waals surface area contributed by atoms with Crippen LogP contribution >= 0.6 is 0 Å². The van der Waals surface area contributed by atoms with Gasteiger partial charge in [0.25, 0.3) is 0 Å². The molecular formula is C40H41N. The van der Waals surface area contributed by atoms with Crippen molar-refractivity contribution in [1.82, 2.24) is 4.57 Å². The van der Waals surface area contributed by atoms with Gasteiger partial charge < -0.3 is 4.57 Å². The lowest BCUT2D eigenvalue weighted by atomic mass is 9.72. The lowest BCUT2D eigenvalue weighted by molar-refractivity contribution is 0.504. The van der Waals surface area contributed by atoms with Gasteiger partial charge in [-0.2, -0.15) is 0 Å². The van der Waals surface area contributed by atoms with E-state index < -0.39 is 0 Å². The molecule has 206 valence electrons. The van der Waals surface area contributed by atoms with E-state index in [1.807, 2.05) is 0 Å². The van der Waals surface area contributed by atoms with E-state index >= 15 is 0 Å². The first-order chi connectivity index (χ1) is 19.5. The number of aromatic nitrogens is 1. The molecule has 0 radical (unpaired) electrons. The average Bonchev–Trinajstić information content (AvgIpc) is 3.48. The minimum absolute atomic E-state index is 0.0424. The van der Waals surface area contributed by atoms with E-state index in [0.717, 1.165) is 12.8 Å². The summed E-state index contributed by atoms with van der Waals surface area (Å²) >= 11 is 0. The Bertz CT molecular complexity index is 1920. The van der Waals surface area contributed by atoms with Crippen LogP contribution < -0.4 is 0 Å². The van der Waals surface area contributed by atoms with E-state index in [2.05, 4.69) is 138 Å². The number of benzene rings is 3. The summed E-state index contributed by atoms with van der Waals surface area (Å²) in [6.07, 6.45) is 16.5. The molecule has 0 saturated carbocycles. The molecule has 0 spiro atoms. The van der Waals surface area contributed by atoms with Crippen LogP contribution in [0.3, 0.4) is 0 Å². The lowest BCUT2D eigenvalue weighted by Gasteiger charge is -2.31. The second kappa shape index (κ2) is 8.03. The SMILES string of the molecule is CC(C)(C)C1=CCC(n2c3ccccc3c3cc4c(cc32)C(C)(C)c2c-4ccc3c2C(C)(C)C2=CC=CCC23)C=C1. The molecule has 2 unspecified atom stereocenters. The van der Waals surface area contributed by atoms with Crippen LogP contribution in [0.4, 0.5) is 0 Å². The highest BCUT2D eigenvalue weighted by Gasteiger charge is 2.48. The van der Waals surface area contributed by atoms with Crippen molar-refractivity contribution >= 4 is 21.8 Å². The predicted molar refractivity (Wildman–Crippen MR) is 175 cm³/mol. The molecule has 4 aliphatic rings. The summed E-state index contributed by atoms with van der Waals surface area (Å²) < 4.78 is 2.62. The van der Waals surface area contributed by atoms with Gasteiger partial charge >= 0.3 is 0 Å². The molecule has 1 aromatic heterocycles. The van der Waals surface area contributed by atoms with Gasteiger partial charge in [0, 0.05) is 33.0 Å².